The van der Waals surface area contributed by atoms with Crippen molar-refractivity contribution < 1.29 is 14.7 Å². The van der Waals surface area contributed by atoms with Gasteiger partial charge in [0, 0.05) is 13.0 Å². The van der Waals surface area contributed by atoms with Gasteiger partial charge in [0.15, 0.2) is 11.7 Å². The molecule has 0 heterocycles. The highest BCUT2D eigenvalue weighted by atomic mass is 16.4. The lowest BCUT2D eigenvalue weighted by Crippen LogP contribution is -2.42. The van der Waals surface area contributed by atoms with Crippen LogP contribution in [0.2, 0.25) is 0 Å². The van der Waals surface area contributed by atoms with E-state index in [2.05, 4.69) is 10.3 Å². The molecule has 0 fully saturated rings. The van der Waals surface area contributed by atoms with E-state index in [4.69, 9.17) is 16.6 Å². The predicted molar refractivity (Wildman–Crippen MR) is 69.2 cm³/mol. The van der Waals surface area contributed by atoms with Crippen LogP contribution < -0.4 is 16.8 Å². The molecule has 0 saturated heterocycles. The highest BCUT2D eigenvalue weighted by Gasteiger charge is 2.11. The van der Waals surface area contributed by atoms with Crippen LogP contribution in [0.25, 0.3) is 0 Å². The third-order valence-electron chi connectivity index (χ3n) is 2.47. The number of Topliss-reactive ketones (excluding diaryl/α,β-unsaturated/α-hetero) is 1. The molecular weight excluding hydrogens is 236 g/mol. The molecule has 18 heavy (non-hydrogen) atoms. The average Bonchev–Trinajstić information content (AvgIpc) is 2.32. The molecule has 0 aromatic rings. The molecule has 0 aliphatic heterocycles. The highest BCUT2D eigenvalue weighted by molar-refractivity contribution is 5.89. The van der Waals surface area contributed by atoms with Gasteiger partial charge < -0.3 is 21.9 Å². The number of nitrogens with one attached hydrogen (secondary N) is 1. The first-order chi connectivity index (χ1) is 8.38. The topological polar surface area (TPSA) is 131 Å². The Kier molecular flexibility index (Phi) is 7.69. The zero-order valence-electron chi connectivity index (χ0n) is 10.8. The van der Waals surface area contributed by atoms with Crippen molar-refractivity contribution in [1.29, 1.82) is 0 Å². The lowest BCUT2D eigenvalue weighted by molar-refractivity contribution is -0.138. The van der Waals surface area contributed by atoms with Crippen LogP contribution in [0.1, 0.15) is 33.1 Å². The molecule has 0 aromatic carbocycles. The number of aliphatic imine (C=N–C) groups is 1. The van der Waals surface area contributed by atoms with E-state index in [0.717, 1.165) is 0 Å². The van der Waals surface area contributed by atoms with Crippen molar-refractivity contribution in [3.63, 3.8) is 0 Å². The van der Waals surface area contributed by atoms with Crippen molar-refractivity contribution >= 4 is 17.7 Å². The number of nitrogens with two attached hydrogens (primary N) is 2. The predicted octanol–water partition coefficient (Wildman–Crippen LogP) is -0.550. The second-order valence-corrected chi connectivity index (χ2v) is 4.04. The highest BCUT2D eigenvalue weighted by Crippen LogP contribution is 1.95. The lowest BCUT2D eigenvalue weighted by Gasteiger charge is -2.12. The number of carbonyl (C=O) groups excluding carboxylic acids is 1. The minimum Gasteiger partial charge on any atom is -0.480 e. The summed E-state index contributed by atoms with van der Waals surface area (Å²) in [6.07, 6.45) is 1.32. The van der Waals surface area contributed by atoms with E-state index < -0.39 is 12.0 Å². The Hall–Kier alpha value is -1.63. The summed E-state index contributed by atoms with van der Waals surface area (Å²) in [5, 5.41) is 11.3. The van der Waals surface area contributed by atoms with Crippen molar-refractivity contribution in [1.82, 2.24) is 5.32 Å². The van der Waals surface area contributed by atoms with Crippen LogP contribution in [-0.4, -0.2) is 41.4 Å². The van der Waals surface area contributed by atoms with Crippen molar-refractivity contribution in [2.24, 2.45) is 16.5 Å². The van der Waals surface area contributed by atoms with E-state index in [9.17, 15) is 9.59 Å². The van der Waals surface area contributed by atoms with E-state index >= 15 is 0 Å². The first-order valence-corrected chi connectivity index (χ1v) is 5.96. The summed E-state index contributed by atoms with van der Waals surface area (Å²) in [5.41, 5.74) is 10.9. The average molecular weight is 258 g/mol. The first kappa shape index (κ1) is 16.4. The van der Waals surface area contributed by atoms with Gasteiger partial charge in [0.1, 0.15) is 6.04 Å². The summed E-state index contributed by atoms with van der Waals surface area (Å²) in [5.74, 6) is -0.776. The number of carboxylic acids is 1. The third-order valence-corrected chi connectivity index (χ3v) is 2.47. The van der Waals surface area contributed by atoms with Gasteiger partial charge in [0.05, 0.1) is 6.04 Å². The molecule has 0 radical (unpaired) electrons. The molecule has 6 N–H and O–H groups in total. The zero-order chi connectivity index (χ0) is 14.1. The van der Waals surface area contributed by atoms with E-state index in [-0.39, 0.29) is 17.8 Å². The first-order valence-electron chi connectivity index (χ1n) is 5.96. The largest absolute Gasteiger partial charge is 0.480 e. The minimum absolute atomic E-state index is 0.0565. The fourth-order valence-electron chi connectivity index (χ4n) is 1.29. The second kappa shape index (κ2) is 8.46. The number of hydrogen-bond donors (Lipinski definition) is 4. The SMILES string of the molecule is CCC(=O)C(C)NC(N)=NCCCC(N)C(=O)O. The molecule has 0 bridgehead atoms. The maximum atomic E-state index is 11.3. The number of carboxylic acid groups (broad SMARTS) is 1. The van der Waals surface area contributed by atoms with Gasteiger partial charge >= 0.3 is 5.97 Å². The fourth-order valence-corrected chi connectivity index (χ4v) is 1.29. The maximum absolute atomic E-state index is 11.3. The van der Waals surface area contributed by atoms with Crippen LogP contribution in [0, 0.1) is 0 Å². The smallest absolute Gasteiger partial charge is 0.320 e. The summed E-state index contributed by atoms with van der Waals surface area (Å²) in [4.78, 5) is 25.7. The van der Waals surface area contributed by atoms with Crippen molar-refractivity contribution in [2.75, 3.05) is 6.54 Å². The van der Waals surface area contributed by atoms with E-state index in [1.807, 2.05) is 0 Å². The number of aliphatic carboxylic acids is 1. The van der Waals surface area contributed by atoms with Gasteiger partial charge in [0.25, 0.3) is 0 Å². The molecular formula is C11H22N4O3. The Morgan fingerprint density at radius 1 is 1.44 bits per heavy atom. The van der Waals surface area contributed by atoms with Crippen LogP contribution in [0.3, 0.4) is 0 Å². The standard InChI is InChI=1S/C11H22N4O3/c1-3-9(16)7(2)15-11(13)14-6-4-5-8(12)10(17)18/h7-8H,3-6,12H2,1-2H3,(H,17,18)(H3,13,14,15). The fraction of sp³-hybridized carbons (Fsp3) is 0.727. The molecule has 7 heteroatoms. The lowest BCUT2D eigenvalue weighted by atomic mass is 10.2. The van der Waals surface area contributed by atoms with Crippen molar-refractivity contribution in [3.05, 3.63) is 0 Å². The molecule has 0 aliphatic rings. The number of guanidine groups is 1. The molecule has 0 amide bonds. The van der Waals surface area contributed by atoms with Gasteiger partial charge in [-0.05, 0) is 19.8 Å². The Morgan fingerprint density at radius 3 is 2.56 bits per heavy atom. The number of ketones is 1. The van der Waals surface area contributed by atoms with E-state index in [1.54, 1.807) is 13.8 Å². The number of rotatable bonds is 8. The van der Waals surface area contributed by atoms with E-state index in [0.29, 0.717) is 25.8 Å². The minimum atomic E-state index is -1.02. The Bertz CT molecular complexity index is 317. The Labute approximate surface area is 107 Å². The molecule has 0 aliphatic carbocycles. The second-order valence-electron chi connectivity index (χ2n) is 4.04. The molecule has 2 atom stereocenters. The summed E-state index contributed by atoms with van der Waals surface area (Å²) >= 11 is 0. The van der Waals surface area contributed by atoms with Crippen LogP contribution in [0.4, 0.5) is 0 Å². The zero-order valence-corrected chi connectivity index (χ0v) is 10.8. The third kappa shape index (κ3) is 6.85. The van der Waals surface area contributed by atoms with Crippen molar-refractivity contribution in [3.8, 4) is 0 Å². The number of nitrogens with zero attached hydrogens (tertiary/aromatic N) is 1. The Morgan fingerprint density at radius 2 is 2.06 bits per heavy atom. The molecule has 7 nitrogen and oxygen atoms in total. The number of hydrogen-bond acceptors (Lipinski definition) is 4. The number of carbonyl (C=O) groups is 2. The summed E-state index contributed by atoms with van der Waals surface area (Å²) in [6, 6.07) is -1.23. The van der Waals surface area contributed by atoms with Gasteiger partial charge in [0.2, 0.25) is 0 Å². The van der Waals surface area contributed by atoms with Crippen LogP contribution in [-0.2, 0) is 9.59 Å². The molecule has 0 saturated carbocycles. The summed E-state index contributed by atoms with van der Waals surface area (Å²) in [7, 11) is 0. The summed E-state index contributed by atoms with van der Waals surface area (Å²) in [6.45, 7) is 3.88. The van der Waals surface area contributed by atoms with E-state index in [1.165, 1.54) is 0 Å². The molecule has 0 rings (SSSR count). The molecule has 104 valence electrons. The summed E-state index contributed by atoms with van der Waals surface area (Å²) < 4.78 is 0. The Balaban J connectivity index is 3.91. The van der Waals surface area contributed by atoms with Gasteiger partial charge in [-0.1, -0.05) is 6.92 Å². The van der Waals surface area contributed by atoms with Crippen molar-refractivity contribution in [2.45, 2.75) is 45.2 Å². The van der Waals surface area contributed by atoms with Crippen LogP contribution in [0.5, 0.6) is 0 Å². The quantitative estimate of drug-likeness (QED) is 0.262. The van der Waals surface area contributed by atoms with Gasteiger partial charge in [-0.2, -0.15) is 0 Å². The molecule has 0 spiro atoms. The maximum Gasteiger partial charge on any atom is 0.320 e. The van der Waals surface area contributed by atoms with Gasteiger partial charge in [-0.15, -0.1) is 0 Å². The molecule has 0 aromatic heterocycles. The van der Waals surface area contributed by atoms with Gasteiger partial charge in [-0.25, -0.2) is 0 Å². The van der Waals surface area contributed by atoms with Crippen LogP contribution in [0.15, 0.2) is 4.99 Å². The monoisotopic (exact) mass is 258 g/mol. The normalized spacial score (nSPS) is 14.9. The van der Waals surface area contributed by atoms with Gasteiger partial charge in [-0.3, -0.25) is 14.6 Å². The molecule has 2 unspecified atom stereocenters. The van der Waals surface area contributed by atoms with Crippen LogP contribution >= 0.6 is 0 Å².